The van der Waals surface area contributed by atoms with E-state index in [0.717, 1.165) is 0 Å². The molecule has 6 heavy (non-hydrogen) atoms. The van der Waals surface area contributed by atoms with Crippen molar-refractivity contribution in [1.29, 1.82) is 0 Å². The third kappa shape index (κ3) is 17.6. The number of hydrogen-bond acceptors (Lipinski definition) is 2. The minimum absolute atomic E-state index is 0. The summed E-state index contributed by atoms with van der Waals surface area (Å²) in [7, 11) is 1.81. The van der Waals surface area contributed by atoms with Gasteiger partial charge in [0.25, 0.3) is 0 Å². The molecule has 0 aromatic rings. The van der Waals surface area contributed by atoms with Gasteiger partial charge >= 0.3 is 0 Å². The Morgan fingerprint density at radius 2 is 1.83 bits per heavy atom. The maximum atomic E-state index is 4.92. The van der Waals surface area contributed by atoms with Gasteiger partial charge in [-0.15, -0.1) is 0 Å². The number of rotatable bonds is 1. The van der Waals surface area contributed by atoms with E-state index >= 15 is 0 Å². The van der Waals surface area contributed by atoms with Crippen molar-refractivity contribution in [2.45, 2.75) is 0 Å². The Labute approximate surface area is 75.4 Å². The van der Waals surface area contributed by atoms with Gasteiger partial charge in [-0.3, -0.25) is 0 Å². The van der Waals surface area contributed by atoms with Crippen molar-refractivity contribution in [1.82, 2.24) is 5.32 Å². The molecule has 0 rings (SSSR count). The van der Waals surface area contributed by atoms with Crippen molar-refractivity contribution in [2.24, 2.45) is 5.73 Å². The predicted molar refractivity (Wildman–Crippen MR) is 37.9 cm³/mol. The van der Waals surface area contributed by atoms with E-state index in [0.29, 0.717) is 6.67 Å². The summed E-state index contributed by atoms with van der Waals surface area (Å²) in [6.07, 6.45) is 0. The van der Waals surface area contributed by atoms with Crippen molar-refractivity contribution >= 4 is 51.3 Å². The van der Waals surface area contributed by atoms with Crippen LogP contribution < -0.4 is 11.1 Å². The fraction of sp³-hybridized carbons (Fsp3) is 1.00. The molecule has 0 spiro atoms. The van der Waals surface area contributed by atoms with Gasteiger partial charge in [0.2, 0.25) is 0 Å². The van der Waals surface area contributed by atoms with E-state index in [2.05, 4.69) is 5.32 Å². The van der Waals surface area contributed by atoms with Crippen LogP contribution in [0.5, 0.6) is 0 Å². The van der Waals surface area contributed by atoms with E-state index in [9.17, 15) is 0 Å². The van der Waals surface area contributed by atoms with E-state index in [4.69, 9.17) is 5.73 Å². The first-order valence-corrected chi connectivity index (χ1v) is 1.26. The van der Waals surface area contributed by atoms with Crippen LogP contribution in [0.15, 0.2) is 0 Å². The summed E-state index contributed by atoms with van der Waals surface area (Å²) in [6.45, 7) is 0.569. The molecule has 37 valence electrons. The van der Waals surface area contributed by atoms with Crippen LogP contribution in [-0.4, -0.2) is 41.0 Å². The Bertz CT molecular complexity index is 13.5. The molecule has 0 saturated carbocycles. The maximum Gasteiger partial charge on any atom is 0.0426 e. The molecule has 0 saturated heterocycles. The SMILES string of the molecule is CNCN.[I].[Pb]. The molecule has 0 aliphatic carbocycles. The van der Waals surface area contributed by atoms with Crippen LogP contribution in [0.3, 0.4) is 0 Å². The molecule has 0 aromatic carbocycles. The van der Waals surface area contributed by atoms with Crippen LogP contribution in [-0.2, 0) is 0 Å². The van der Waals surface area contributed by atoms with Gasteiger partial charge < -0.3 is 11.1 Å². The standard InChI is InChI=1S/C2H8N2.I.Pb/c1-4-2-3;;/h4H,2-3H2,1H3;;. The average Bonchev–Trinajstić information content (AvgIpc) is 1.37. The molecule has 0 heterocycles. The number of hydrogen-bond donors (Lipinski definition) is 2. The van der Waals surface area contributed by atoms with Crippen LogP contribution in [0.4, 0.5) is 0 Å². The van der Waals surface area contributed by atoms with Gasteiger partial charge in [-0.2, -0.15) is 0 Å². The third-order valence-corrected chi connectivity index (χ3v) is 0.204. The first kappa shape index (κ1) is 15.6. The Balaban J connectivity index is -0.0000000450. The maximum absolute atomic E-state index is 4.92. The third-order valence-electron chi connectivity index (χ3n) is 0.204. The van der Waals surface area contributed by atoms with Gasteiger partial charge in [-0.25, -0.2) is 0 Å². The first-order chi connectivity index (χ1) is 1.91. The smallest absolute Gasteiger partial charge is 0.0426 e. The topological polar surface area (TPSA) is 38.0 Å². The zero-order chi connectivity index (χ0) is 3.41. The van der Waals surface area contributed by atoms with Crippen LogP contribution in [0.1, 0.15) is 0 Å². The van der Waals surface area contributed by atoms with E-state index in [1.54, 1.807) is 7.05 Å². The molecule has 0 aromatic heterocycles. The second-order valence-corrected chi connectivity index (χ2v) is 0.558. The normalized spacial score (nSPS) is 5.00. The van der Waals surface area contributed by atoms with Crippen LogP contribution in [0.2, 0.25) is 0 Å². The number of nitrogens with two attached hydrogens (primary N) is 1. The van der Waals surface area contributed by atoms with Crippen molar-refractivity contribution in [3.63, 3.8) is 0 Å². The molecule has 0 unspecified atom stereocenters. The first-order valence-electron chi connectivity index (χ1n) is 1.26. The van der Waals surface area contributed by atoms with Crippen LogP contribution in [0.25, 0.3) is 0 Å². The molecule has 0 aliphatic heterocycles. The summed E-state index contributed by atoms with van der Waals surface area (Å²) >= 11 is 0. The Hall–Kier alpha value is 1.57. The largest absolute Gasteiger partial charge is 0.319 e. The zero-order valence-electron chi connectivity index (χ0n) is 3.66. The summed E-state index contributed by atoms with van der Waals surface area (Å²) in [4.78, 5) is 0. The van der Waals surface area contributed by atoms with Gasteiger partial charge in [-0.05, 0) is 7.05 Å². The molecule has 4 heteroatoms. The molecule has 3 N–H and O–H groups in total. The van der Waals surface area contributed by atoms with Gasteiger partial charge in [-0.1, -0.05) is 0 Å². The van der Waals surface area contributed by atoms with Crippen molar-refractivity contribution in [2.75, 3.05) is 13.7 Å². The van der Waals surface area contributed by atoms with Crippen LogP contribution in [0, 0.1) is 0 Å². The molecule has 2 nitrogen and oxygen atoms in total. The summed E-state index contributed by atoms with van der Waals surface area (Å²) in [6, 6.07) is 0. The molecule has 0 atom stereocenters. The molecule has 5 radical (unpaired) electrons. The monoisotopic (exact) mass is 395 g/mol. The summed E-state index contributed by atoms with van der Waals surface area (Å²) in [5.74, 6) is 0. The van der Waals surface area contributed by atoms with Gasteiger partial charge in [0.15, 0.2) is 0 Å². The fourth-order valence-corrected chi connectivity index (χ4v) is 0. The van der Waals surface area contributed by atoms with Gasteiger partial charge in [0, 0.05) is 57.9 Å². The zero-order valence-corrected chi connectivity index (χ0v) is 9.71. The summed E-state index contributed by atoms with van der Waals surface area (Å²) < 4.78 is 0. The van der Waals surface area contributed by atoms with Gasteiger partial charge in [0.05, 0.1) is 0 Å². The minimum Gasteiger partial charge on any atom is -0.319 e. The molecule has 0 fully saturated rings. The number of halogens is 1. The Morgan fingerprint density at radius 3 is 1.83 bits per heavy atom. The minimum atomic E-state index is 0. The van der Waals surface area contributed by atoms with E-state index in [1.165, 1.54) is 0 Å². The Kier molecular flexibility index (Phi) is 41.7. The van der Waals surface area contributed by atoms with Crippen molar-refractivity contribution < 1.29 is 0 Å². The van der Waals surface area contributed by atoms with E-state index in [1.807, 2.05) is 0 Å². The molecule has 0 bridgehead atoms. The summed E-state index contributed by atoms with van der Waals surface area (Å²) in [5.41, 5.74) is 4.92. The second-order valence-electron chi connectivity index (χ2n) is 0.558. The van der Waals surface area contributed by atoms with E-state index in [-0.39, 0.29) is 51.3 Å². The summed E-state index contributed by atoms with van der Waals surface area (Å²) in [5, 5.41) is 2.71. The van der Waals surface area contributed by atoms with Crippen molar-refractivity contribution in [3.8, 4) is 0 Å². The fourth-order valence-electron chi connectivity index (χ4n) is 0. The molecule has 0 amide bonds. The van der Waals surface area contributed by atoms with Crippen LogP contribution >= 0.6 is 24.0 Å². The quantitative estimate of drug-likeness (QED) is 0.362. The second kappa shape index (κ2) is 16.0. The average molecular weight is 394 g/mol. The Morgan fingerprint density at radius 1 is 1.67 bits per heavy atom. The molecular formula is C2H8IN2Pb. The van der Waals surface area contributed by atoms with E-state index < -0.39 is 0 Å². The number of nitrogens with one attached hydrogen (secondary N) is 1. The van der Waals surface area contributed by atoms with Gasteiger partial charge in [0.1, 0.15) is 0 Å². The van der Waals surface area contributed by atoms with Crippen molar-refractivity contribution in [3.05, 3.63) is 0 Å². The molecule has 0 aliphatic rings. The predicted octanol–water partition coefficient (Wildman–Crippen LogP) is -0.373. The molecular weight excluding hydrogens is 386 g/mol.